The van der Waals surface area contributed by atoms with E-state index in [1.54, 1.807) is 0 Å². The molecule has 0 aromatic heterocycles. The van der Waals surface area contributed by atoms with Crippen molar-refractivity contribution in [2.75, 3.05) is 26.4 Å². The summed E-state index contributed by atoms with van der Waals surface area (Å²) < 4.78 is 14.0. The van der Waals surface area contributed by atoms with Gasteiger partial charge in [-0.3, -0.25) is 0 Å². The first kappa shape index (κ1) is 14.8. The number of rotatable bonds is 7. The summed E-state index contributed by atoms with van der Waals surface area (Å²) in [5.41, 5.74) is 0. The Morgan fingerprint density at radius 1 is 1.14 bits per heavy atom. The van der Waals surface area contributed by atoms with Crippen molar-refractivity contribution in [3.8, 4) is 0 Å². The molecule has 1 unspecified atom stereocenters. The molecule has 3 nitrogen and oxygen atoms in total. The van der Waals surface area contributed by atoms with Gasteiger partial charge in [-0.25, -0.2) is 0 Å². The van der Waals surface area contributed by atoms with Gasteiger partial charge in [-0.15, -0.1) is 0 Å². The average Bonchev–Trinajstić information content (AvgIpc) is 2.02. The Morgan fingerprint density at radius 3 is 2.29 bits per heavy atom. The molecule has 0 heterocycles. The van der Waals surface area contributed by atoms with Crippen molar-refractivity contribution in [2.24, 2.45) is 0 Å². The van der Waals surface area contributed by atoms with Crippen LogP contribution < -0.4 is 0 Å². The molecule has 0 saturated carbocycles. The van der Waals surface area contributed by atoms with Crippen LogP contribution in [0.3, 0.4) is 0 Å². The van der Waals surface area contributed by atoms with E-state index in [4.69, 9.17) is 49.0 Å². The Morgan fingerprint density at radius 2 is 1.79 bits per heavy atom. The SMILES string of the molecule is CCOC(C)OCCOCC(Cl)(Cl)Cl. The molecule has 0 spiro atoms. The van der Waals surface area contributed by atoms with Crippen LogP contribution in [0.5, 0.6) is 0 Å². The normalized spacial score (nSPS) is 14.4. The largest absolute Gasteiger partial charge is 0.375 e. The molecule has 14 heavy (non-hydrogen) atoms. The predicted molar refractivity (Wildman–Crippen MR) is 58.1 cm³/mol. The second-order valence-corrected chi connectivity index (χ2v) is 5.08. The fraction of sp³-hybridized carbons (Fsp3) is 1.00. The molecule has 0 aliphatic carbocycles. The van der Waals surface area contributed by atoms with Gasteiger partial charge in [0.2, 0.25) is 3.79 Å². The summed E-state index contributed by atoms with van der Waals surface area (Å²) in [5, 5.41) is 0. The highest BCUT2D eigenvalue weighted by molar-refractivity contribution is 6.67. The van der Waals surface area contributed by atoms with Crippen LogP contribution in [0.15, 0.2) is 0 Å². The van der Waals surface area contributed by atoms with E-state index >= 15 is 0 Å². The predicted octanol–water partition coefficient (Wildman–Crippen LogP) is 2.77. The number of hydrogen-bond donors (Lipinski definition) is 0. The van der Waals surface area contributed by atoms with E-state index in [-0.39, 0.29) is 12.9 Å². The lowest BCUT2D eigenvalue weighted by Gasteiger charge is -2.14. The summed E-state index contributed by atoms with van der Waals surface area (Å²) in [6.45, 7) is 5.20. The van der Waals surface area contributed by atoms with E-state index in [9.17, 15) is 0 Å². The van der Waals surface area contributed by atoms with Gasteiger partial charge in [-0.2, -0.15) is 0 Å². The minimum absolute atomic E-state index is 0.0596. The van der Waals surface area contributed by atoms with Gasteiger partial charge in [0.1, 0.15) is 0 Å². The standard InChI is InChI=1S/C8H15Cl3O3/c1-3-13-7(2)14-5-4-12-6-8(9,10)11/h7H,3-6H2,1-2H3. The molecule has 0 rings (SSSR count). The van der Waals surface area contributed by atoms with E-state index in [1.165, 1.54) is 0 Å². The molecule has 0 radical (unpaired) electrons. The summed E-state index contributed by atoms with van der Waals surface area (Å²) in [6, 6.07) is 0. The summed E-state index contributed by atoms with van der Waals surface area (Å²) in [7, 11) is 0. The molecular weight excluding hydrogens is 250 g/mol. The quantitative estimate of drug-likeness (QED) is 0.402. The summed E-state index contributed by atoms with van der Waals surface area (Å²) in [5.74, 6) is 0. The van der Waals surface area contributed by atoms with E-state index in [0.29, 0.717) is 19.8 Å². The average molecular weight is 266 g/mol. The molecule has 0 N–H and O–H groups in total. The molecule has 0 aromatic rings. The highest BCUT2D eigenvalue weighted by Gasteiger charge is 2.19. The van der Waals surface area contributed by atoms with Crippen LogP contribution in [0.4, 0.5) is 0 Å². The van der Waals surface area contributed by atoms with Crippen LogP contribution in [0.25, 0.3) is 0 Å². The summed E-state index contributed by atoms with van der Waals surface area (Å²) >= 11 is 16.4. The molecule has 86 valence electrons. The number of hydrogen-bond acceptors (Lipinski definition) is 3. The molecule has 0 aliphatic rings. The van der Waals surface area contributed by atoms with Crippen LogP contribution in [0, 0.1) is 0 Å². The van der Waals surface area contributed by atoms with Crippen molar-refractivity contribution in [1.82, 2.24) is 0 Å². The fourth-order valence-electron chi connectivity index (χ4n) is 0.744. The minimum atomic E-state index is -1.36. The third kappa shape index (κ3) is 10.8. The molecule has 6 heteroatoms. The summed E-state index contributed by atoms with van der Waals surface area (Å²) in [4.78, 5) is 0. The van der Waals surface area contributed by atoms with Crippen LogP contribution in [0.2, 0.25) is 0 Å². The van der Waals surface area contributed by atoms with Gasteiger partial charge in [0.25, 0.3) is 0 Å². The van der Waals surface area contributed by atoms with E-state index in [2.05, 4.69) is 0 Å². The van der Waals surface area contributed by atoms with Crippen molar-refractivity contribution in [3.63, 3.8) is 0 Å². The Labute approximate surface area is 99.5 Å². The van der Waals surface area contributed by atoms with Gasteiger partial charge < -0.3 is 14.2 Å². The first-order chi connectivity index (χ1) is 6.45. The topological polar surface area (TPSA) is 27.7 Å². The van der Waals surface area contributed by atoms with Gasteiger partial charge in [0.15, 0.2) is 6.29 Å². The molecule has 0 amide bonds. The zero-order valence-electron chi connectivity index (χ0n) is 8.26. The first-order valence-corrected chi connectivity index (χ1v) is 5.46. The van der Waals surface area contributed by atoms with E-state index in [1.807, 2.05) is 13.8 Å². The molecule has 0 aliphatic heterocycles. The summed E-state index contributed by atoms with van der Waals surface area (Å²) in [6.07, 6.45) is -0.226. The smallest absolute Gasteiger partial charge is 0.213 e. The van der Waals surface area contributed by atoms with Crippen molar-refractivity contribution in [3.05, 3.63) is 0 Å². The van der Waals surface area contributed by atoms with Gasteiger partial charge in [-0.1, -0.05) is 34.8 Å². The Kier molecular flexibility index (Phi) is 8.39. The zero-order valence-corrected chi connectivity index (χ0v) is 10.5. The number of alkyl halides is 3. The van der Waals surface area contributed by atoms with Gasteiger partial charge in [0.05, 0.1) is 19.8 Å². The maximum Gasteiger partial charge on any atom is 0.213 e. The lowest BCUT2D eigenvalue weighted by atomic mass is 10.7. The van der Waals surface area contributed by atoms with E-state index < -0.39 is 3.79 Å². The van der Waals surface area contributed by atoms with Crippen molar-refractivity contribution in [2.45, 2.75) is 23.9 Å². The third-order valence-electron chi connectivity index (χ3n) is 1.25. The molecular formula is C8H15Cl3O3. The Bertz CT molecular complexity index is 138. The Balaban J connectivity index is 3.21. The molecule has 0 fully saturated rings. The van der Waals surface area contributed by atoms with Gasteiger partial charge in [0, 0.05) is 6.61 Å². The van der Waals surface area contributed by atoms with Crippen LogP contribution in [0.1, 0.15) is 13.8 Å². The van der Waals surface area contributed by atoms with Gasteiger partial charge in [-0.05, 0) is 13.8 Å². The highest BCUT2D eigenvalue weighted by Crippen LogP contribution is 2.25. The molecule has 0 saturated heterocycles. The molecule has 1 atom stereocenters. The van der Waals surface area contributed by atoms with Crippen molar-refractivity contribution < 1.29 is 14.2 Å². The monoisotopic (exact) mass is 264 g/mol. The lowest BCUT2D eigenvalue weighted by molar-refractivity contribution is -0.136. The molecule has 0 bridgehead atoms. The molecule has 0 aromatic carbocycles. The lowest BCUT2D eigenvalue weighted by Crippen LogP contribution is -2.19. The first-order valence-electron chi connectivity index (χ1n) is 4.33. The van der Waals surface area contributed by atoms with Crippen molar-refractivity contribution in [1.29, 1.82) is 0 Å². The number of halogens is 3. The van der Waals surface area contributed by atoms with Crippen LogP contribution >= 0.6 is 34.8 Å². The van der Waals surface area contributed by atoms with Crippen LogP contribution in [-0.2, 0) is 14.2 Å². The number of ether oxygens (including phenoxy) is 3. The van der Waals surface area contributed by atoms with Crippen molar-refractivity contribution >= 4 is 34.8 Å². The minimum Gasteiger partial charge on any atom is -0.375 e. The second kappa shape index (κ2) is 7.97. The van der Waals surface area contributed by atoms with Gasteiger partial charge >= 0.3 is 0 Å². The van der Waals surface area contributed by atoms with Crippen LogP contribution in [-0.4, -0.2) is 36.5 Å². The Hall–Kier alpha value is 0.750. The fourth-order valence-corrected chi connectivity index (χ4v) is 0.975. The zero-order chi connectivity index (χ0) is 11.0. The maximum absolute atomic E-state index is 5.46. The second-order valence-electron chi connectivity index (χ2n) is 2.56. The highest BCUT2D eigenvalue weighted by atomic mass is 35.6. The van der Waals surface area contributed by atoms with E-state index in [0.717, 1.165) is 0 Å². The third-order valence-corrected chi connectivity index (χ3v) is 1.57. The maximum atomic E-state index is 5.46.